The van der Waals surface area contributed by atoms with Crippen LogP contribution in [0.25, 0.3) is 0 Å². The maximum absolute atomic E-state index is 12.1. The Morgan fingerprint density at radius 1 is 1.04 bits per heavy atom. The fourth-order valence-corrected chi connectivity index (χ4v) is 1.88. The molecule has 0 aliphatic carbocycles. The van der Waals surface area contributed by atoms with E-state index in [1.807, 2.05) is 0 Å². The summed E-state index contributed by atoms with van der Waals surface area (Å²) in [4.78, 5) is 69.5. The first-order valence-electron chi connectivity index (χ1n) is 7.10. The second-order valence-corrected chi connectivity index (χ2v) is 5.00. The van der Waals surface area contributed by atoms with Crippen LogP contribution in [0.1, 0.15) is 13.3 Å². The van der Waals surface area contributed by atoms with E-state index in [9.17, 15) is 28.8 Å². The second kappa shape index (κ2) is 8.60. The monoisotopic (exact) mass is 341 g/mol. The Morgan fingerprint density at radius 2 is 1.67 bits per heavy atom. The molecule has 0 spiro atoms. The summed E-state index contributed by atoms with van der Waals surface area (Å²) in [5, 5.41) is 9.13. The van der Waals surface area contributed by atoms with Gasteiger partial charge in [-0.1, -0.05) is 0 Å². The number of nitrogens with one attached hydrogen (secondary N) is 4. The minimum atomic E-state index is -1.08. The molecule has 11 nitrogen and oxygen atoms in total. The van der Waals surface area contributed by atoms with Gasteiger partial charge in [0, 0.05) is 14.0 Å². The average Bonchev–Trinajstić information content (AvgIpc) is 2.78. The number of imide groups is 1. The van der Waals surface area contributed by atoms with Crippen LogP contribution in [0.3, 0.4) is 0 Å². The molecule has 24 heavy (non-hydrogen) atoms. The van der Waals surface area contributed by atoms with Crippen molar-refractivity contribution in [3.63, 3.8) is 0 Å². The summed E-state index contributed by atoms with van der Waals surface area (Å²) >= 11 is 0. The van der Waals surface area contributed by atoms with Crippen molar-refractivity contribution in [1.82, 2.24) is 26.2 Å². The van der Waals surface area contributed by atoms with Crippen LogP contribution in [0.2, 0.25) is 0 Å². The molecule has 11 heteroatoms. The fourth-order valence-electron chi connectivity index (χ4n) is 1.88. The molecule has 1 unspecified atom stereocenters. The highest BCUT2D eigenvalue weighted by atomic mass is 16.2. The summed E-state index contributed by atoms with van der Waals surface area (Å²) in [6.45, 7) is 0.103. The number of likely N-dealkylation sites (N-methyl/N-ethyl adjacent to an activating group) is 1. The standard InChI is InChI=1S/C13H19N5O6/c1-7(19)15-5-10(21)17-8-3-12(23)18(13(8)24)6-11(22)16-4-9(20)14-2/h8H,3-6H2,1-2H3,(H,14,20)(H,15,19)(H,16,22)(H,17,21). The molecule has 0 aromatic rings. The van der Waals surface area contributed by atoms with Crippen LogP contribution < -0.4 is 21.3 Å². The predicted molar refractivity (Wildman–Crippen MR) is 79.0 cm³/mol. The van der Waals surface area contributed by atoms with Gasteiger partial charge in [-0.15, -0.1) is 0 Å². The molecule has 0 aromatic heterocycles. The molecule has 132 valence electrons. The molecule has 1 heterocycles. The summed E-state index contributed by atoms with van der Waals surface area (Å²) in [6.07, 6.45) is -0.270. The van der Waals surface area contributed by atoms with Crippen LogP contribution >= 0.6 is 0 Å². The van der Waals surface area contributed by atoms with E-state index >= 15 is 0 Å². The van der Waals surface area contributed by atoms with E-state index in [4.69, 9.17) is 0 Å². The molecule has 0 bridgehead atoms. The number of nitrogens with zero attached hydrogens (tertiary/aromatic N) is 1. The topological polar surface area (TPSA) is 154 Å². The van der Waals surface area contributed by atoms with Crippen LogP contribution in [0.15, 0.2) is 0 Å². The number of hydrogen-bond acceptors (Lipinski definition) is 6. The third-order valence-corrected chi connectivity index (χ3v) is 3.10. The van der Waals surface area contributed by atoms with E-state index < -0.39 is 48.0 Å². The fraction of sp³-hybridized carbons (Fsp3) is 0.538. The Kier molecular flexibility index (Phi) is 6.83. The molecule has 1 saturated heterocycles. The normalized spacial score (nSPS) is 16.6. The van der Waals surface area contributed by atoms with Crippen molar-refractivity contribution in [2.45, 2.75) is 19.4 Å². The van der Waals surface area contributed by atoms with Crippen molar-refractivity contribution in [2.24, 2.45) is 0 Å². The lowest BCUT2D eigenvalue weighted by Crippen LogP contribution is -2.47. The molecule has 1 aliphatic heterocycles. The van der Waals surface area contributed by atoms with E-state index in [1.54, 1.807) is 0 Å². The molecule has 1 fully saturated rings. The summed E-state index contributed by atoms with van der Waals surface area (Å²) < 4.78 is 0. The highest BCUT2D eigenvalue weighted by Crippen LogP contribution is 2.12. The van der Waals surface area contributed by atoms with Crippen LogP contribution in [-0.2, 0) is 28.8 Å². The van der Waals surface area contributed by atoms with E-state index in [-0.39, 0.29) is 19.5 Å². The van der Waals surface area contributed by atoms with E-state index in [1.165, 1.54) is 14.0 Å². The maximum Gasteiger partial charge on any atom is 0.252 e. The summed E-state index contributed by atoms with van der Waals surface area (Å²) in [5.74, 6) is -3.46. The first-order valence-corrected chi connectivity index (χ1v) is 7.10. The van der Waals surface area contributed by atoms with Crippen molar-refractivity contribution in [3.05, 3.63) is 0 Å². The minimum Gasteiger partial charge on any atom is -0.358 e. The molecule has 1 rings (SSSR count). The molecule has 1 atom stereocenters. The minimum absolute atomic E-state index is 0.270. The second-order valence-electron chi connectivity index (χ2n) is 5.00. The van der Waals surface area contributed by atoms with Crippen LogP contribution in [0, 0.1) is 0 Å². The number of rotatable bonds is 7. The lowest BCUT2D eigenvalue weighted by Gasteiger charge is -2.15. The van der Waals surface area contributed by atoms with Crippen molar-refractivity contribution in [1.29, 1.82) is 0 Å². The van der Waals surface area contributed by atoms with Crippen LogP contribution in [0.5, 0.6) is 0 Å². The highest BCUT2D eigenvalue weighted by molar-refractivity contribution is 6.09. The van der Waals surface area contributed by atoms with Crippen LogP contribution in [-0.4, -0.2) is 73.1 Å². The van der Waals surface area contributed by atoms with E-state index in [0.717, 1.165) is 0 Å². The lowest BCUT2D eigenvalue weighted by atomic mass is 10.2. The highest BCUT2D eigenvalue weighted by Gasteiger charge is 2.40. The first-order chi connectivity index (χ1) is 11.2. The number of carbonyl (C=O) groups is 6. The Labute approximate surface area is 137 Å². The maximum atomic E-state index is 12.1. The van der Waals surface area contributed by atoms with Gasteiger partial charge >= 0.3 is 0 Å². The summed E-state index contributed by atoms with van der Waals surface area (Å²) in [6, 6.07) is -1.08. The van der Waals surface area contributed by atoms with Gasteiger partial charge in [-0.2, -0.15) is 0 Å². The Hall–Kier alpha value is -2.98. The van der Waals surface area contributed by atoms with Gasteiger partial charge in [0.25, 0.3) is 5.91 Å². The van der Waals surface area contributed by atoms with E-state index in [0.29, 0.717) is 4.90 Å². The van der Waals surface area contributed by atoms with Crippen molar-refractivity contribution in [2.75, 3.05) is 26.7 Å². The molecule has 0 saturated carbocycles. The molecular formula is C13H19N5O6. The smallest absolute Gasteiger partial charge is 0.252 e. The number of carbonyl (C=O) groups excluding carboxylic acids is 6. The zero-order valence-corrected chi connectivity index (χ0v) is 13.3. The zero-order valence-electron chi connectivity index (χ0n) is 13.3. The first kappa shape index (κ1) is 19.1. The molecule has 0 radical (unpaired) electrons. The van der Waals surface area contributed by atoms with Crippen molar-refractivity contribution in [3.8, 4) is 0 Å². The van der Waals surface area contributed by atoms with Crippen LogP contribution in [0.4, 0.5) is 0 Å². The molecule has 6 amide bonds. The number of likely N-dealkylation sites (tertiary alicyclic amines) is 1. The van der Waals surface area contributed by atoms with Crippen molar-refractivity contribution >= 4 is 35.4 Å². The van der Waals surface area contributed by atoms with Gasteiger partial charge in [0.05, 0.1) is 19.5 Å². The molecular weight excluding hydrogens is 322 g/mol. The number of amides is 6. The largest absolute Gasteiger partial charge is 0.358 e. The average molecular weight is 341 g/mol. The van der Waals surface area contributed by atoms with Crippen molar-refractivity contribution < 1.29 is 28.8 Å². The Morgan fingerprint density at radius 3 is 2.25 bits per heavy atom. The molecule has 4 N–H and O–H groups in total. The molecule has 0 aromatic carbocycles. The third kappa shape index (κ3) is 5.66. The Balaban J connectivity index is 2.51. The van der Waals surface area contributed by atoms with Gasteiger partial charge in [0.15, 0.2) is 0 Å². The van der Waals surface area contributed by atoms with Gasteiger partial charge in [-0.05, 0) is 0 Å². The predicted octanol–water partition coefficient (Wildman–Crippen LogP) is -3.77. The van der Waals surface area contributed by atoms with Gasteiger partial charge in [-0.3, -0.25) is 33.7 Å². The number of hydrogen-bond donors (Lipinski definition) is 4. The SMILES string of the molecule is CNC(=O)CNC(=O)CN1C(=O)CC(NC(=O)CNC(C)=O)C1=O. The quantitative estimate of drug-likeness (QED) is 0.349. The Bertz CT molecular complexity index is 575. The van der Waals surface area contributed by atoms with Gasteiger partial charge < -0.3 is 21.3 Å². The van der Waals surface area contributed by atoms with Gasteiger partial charge in [0.2, 0.25) is 29.5 Å². The zero-order chi connectivity index (χ0) is 18.3. The van der Waals surface area contributed by atoms with Gasteiger partial charge in [0.1, 0.15) is 12.6 Å². The summed E-state index contributed by atoms with van der Waals surface area (Å²) in [5.41, 5.74) is 0. The van der Waals surface area contributed by atoms with E-state index in [2.05, 4.69) is 21.3 Å². The van der Waals surface area contributed by atoms with Gasteiger partial charge in [-0.25, -0.2) is 0 Å². The summed E-state index contributed by atoms with van der Waals surface area (Å²) in [7, 11) is 1.40. The third-order valence-electron chi connectivity index (χ3n) is 3.10. The molecule has 1 aliphatic rings. The lowest BCUT2D eigenvalue weighted by molar-refractivity contribution is -0.143.